The van der Waals surface area contributed by atoms with Gasteiger partial charge in [0, 0.05) is 5.57 Å². The van der Waals surface area contributed by atoms with Crippen molar-refractivity contribution in [2.45, 2.75) is 51.8 Å². The molecule has 0 amide bonds. The molecule has 1 aliphatic rings. The van der Waals surface area contributed by atoms with Gasteiger partial charge in [-0.1, -0.05) is 26.5 Å². The molecule has 1 atom stereocenters. The molecule has 1 aromatic rings. The second kappa shape index (κ2) is 6.02. The first-order valence-electron chi connectivity index (χ1n) is 7.67. The van der Waals surface area contributed by atoms with Gasteiger partial charge in [-0.2, -0.15) is 13.2 Å². The lowest BCUT2D eigenvalue weighted by Gasteiger charge is -2.42. The normalized spacial score (nSPS) is 21.0. The zero-order valence-electron chi connectivity index (χ0n) is 13.6. The zero-order chi connectivity index (χ0) is 17.4. The molecule has 5 heteroatoms. The van der Waals surface area contributed by atoms with E-state index in [2.05, 4.69) is 6.58 Å². The molecule has 2 nitrogen and oxygen atoms in total. The molecule has 23 heavy (non-hydrogen) atoms. The molecule has 0 bridgehead atoms. The van der Waals surface area contributed by atoms with Crippen molar-refractivity contribution >= 4 is 5.97 Å². The molecular formula is C18H21F3O2. The number of fused-ring (bicyclic) bond motifs is 1. The second-order valence-electron chi connectivity index (χ2n) is 6.44. The molecule has 0 saturated heterocycles. The van der Waals surface area contributed by atoms with Crippen LogP contribution in [0.1, 0.15) is 50.3 Å². The third-order valence-corrected chi connectivity index (χ3v) is 4.44. The third-order valence-electron chi connectivity index (χ3n) is 4.44. The van der Waals surface area contributed by atoms with Crippen molar-refractivity contribution in [1.82, 2.24) is 0 Å². The highest BCUT2D eigenvalue weighted by molar-refractivity contribution is 5.87. The van der Waals surface area contributed by atoms with Crippen molar-refractivity contribution in [3.63, 3.8) is 0 Å². The van der Waals surface area contributed by atoms with E-state index in [1.165, 1.54) is 13.0 Å². The van der Waals surface area contributed by atoms with Crippen LogP contribution in [0.25, 0.3) is 0 Å². The Balaban J connectivity index is 2.59. The van der Waals surface area contributed by atoms with Crippen LogP contribution in [0.5, 0.6) is 0 Å². The summed E-state index contributed by atoms with van der Waals surface area (Å²) in [6, 6.07) is 3.74. The van der Waals surface area contributed by atoms with Crippen LogP contribution in [0.3, 0.4) is 0 Å². The average molecular weight is 326 g/mol. The zero-order valence-corrected chi connectivity index (χ0v) is 13.6. The minimum atomic E-state index is -4.42. The van der Waals surface area contributed by atoms with Gasteiger partial charge in [-0.15, -0.1) is 0 Å². The van der Waals surface area contributed by atoms with E-state index in [9.17, 15) is 18.0 Å². The molecule has 1 unspecified atom stereocenters. The fourth-order valence-corrected chi connectivity index (χ4v) is 3.12. The molecule has 2 rings (SSSR count). The minimum absolute atomic E-state index is 0.145. The van der Waals surface area contributed by atoms with Gasteiger partial charge in [-0.25, -0.2) is 4.79 Å². The largest absolute Gasteiger partial charge is 0.451 e. The Morgan fingerprint density at radius 2 is 2.00 bits per heavy atom. The monoisotopic (exact) mass is 326 g/mol. The van der Waals surface area contributed by atoms with Gasteiger partial charge in [-0.3, -0.25) is 0 Å². The van der Waals surface area contributed by atoms with E-state index in [0.29, 0.717) is 18.4 Å². The maximum Gasteiger partial charge on any atom is 0.416 e. The molecule has 1 aromatic carbocycles. The summed E-state index contributed by atoms with van der Waals surface area (Å²) >= 11 is 0. The van der Waals surface area contributed by atoms with Gasteiger partial charge >= 0.3 is 12.1 Å². The maximum absolute atomic E-state index is 13.1. The van der Waals surface area contributed by atoms with E-state index in [1.807, 2.05) is 13.8 Å². The highest BCUT2D eigenvalue weighted by Crippen LogP contribution is 2.46. The molecule has 126 valence electrons. The number of hydrogen-bond acceptors (Lipinski definition) is 2. The van der Waals surface area contributed by atoms with E-state index >= 15 is 0 Å². The third kappa shape index (κ3) is 3.28. The van der Waals surface area contributed by atoms with Crippen molar-refractivity contribution < 1.29 is 22.7 Å². The fourth-order valence-electron chi connectivity index (χ4n) is 3.12. The Labute approximate surface area is 134 Å². The van der Waals surface area contributed by atoms with Gasteiger partial charge in [0.15, 0.2) is 0 Å². The Bertz CT molecular complexity index is 632. The summed E-state index contributed by atoms with van der Waals surface area (Å²) in [5.74, 6) is -0.711. The number of ether oxygens (including phenoxy) is 1. The smallest absolute Gasteiger partial charge is 0.416 e. The molecule has 0 heterocycles. The van der Waals surface area contributed by atoms with E-state index in [0.717, 1.165) is 24.1 Å². The van der Waals surface area contributed by atoms with Crippen LogP contribution in [0.15, 0.2) is 30.4 Å². The Morgan fingerprint density at radius 1 is 1.35 bits per heavy atom. The summed E-state index contributed by atoms with van der Waals surface area (Å²) < 4.78 is 44.9. The first-order chi connectivity index (χ1) is 10.6. The highest BCUT2D eigenvalue weighted by Gasteiger charge is 2.44. The fraction of sp³-hybridized carbons (Fsp3) is 0.500. The SMILES string of the molecule is C=C(C)C(=O)OC1(C(C)C)CCCc2ccc(C(F)(F)F)cc21. The van der Waals surface area contributed by atoms with Gasteiger partial charge in [0.05, 0.1) is 5.56 Å². The number of carbonyl (C=O) groups excluding carboxylic acids is 1. The molecular weight excluding hydrogens is 305 g/mol. The van der Waals surface area contributed by atoms with Crippen molar-refractivity contribution in [1.29, 1.82) is 0 Å². The van der Waals surface area contributed by atoms with Crippen LogP contribution in [-0.2, 0) is 27.7 Å². The van der Waals surface area contributed by atoms with Crippen LogP contribution in [0.2, 0.25) is 0 Å². The first kappa shape index (κ1) is 17.6. The number of carbonyl (C=O) groups is 1. The van der Waals surface area contributed by atoms with Crippen LogP contribution in [-0.4, -0.2) is 5.97 Å². The molecule has 0 aromatic heterocycles. The summed E-state index contributed by atoms with van der Waals surface area (Å²) in [4.78, 5) is 12.1. The second-order valence-corrected chi connectivity index (χ2v) is 6.44. The standard InChI is InChI=1S/C18H21F3O2/c1-11(2)16(22)23-17(12(3)4)9-5-6-13-7-8-14(10-15(13)17)18(19,20)21/h7-8,10,12H,1,5-6,9H2,2-4H3. The lowest BCUT2D eigenvalue weighted by atomic mass is 9.72. The predicted molar refractivity (Wildman–Crippen MR) is 81.8 cm³/mol. The molecule has 0 aliphatic heterocycles. The topological polar surface area (TPSA) is 26.3 Å². The van der Waals surface area contributed by atoms with Crippen LogP contribution < -0.4 is 0 Å². The molecule has 1 aliphatic carbocycles. The van der Waals surface area contributed by atoms with Crippen molar-refractivity contribution in [3.8, 4) is 0 Å². The Morgan fingerprint density at radius 3 is 2.52 bits per heavy atom. The maximum atomic E-state index is 13.1. The van der Waals surface area contributed by atoms with Gasteiger partial charge < -0.3 is 4.74 Å². The molecule has 0 spiro atoms. The van der Waals surface area contributed by atoms with Gasteiger partial charge in [0.2, 0.25) is 0 Å². The predicted octanol–water partition coefficient (Wildman–Crippen LogP) is 5.01. The molecule has 0 fully saturated rings. The summed E-state index contributed by atoms with van der Waals surface area (Å²) in [7, 11) is 0. The minimum Gasteiger partial charge on any atom is -0.451 e. The van der Waals surface area contributed by atoms with Crippen LogP contribution in [0.4, 0.5) is 13.2 Å². The summed E-state index contributed by atoms with van der Waals surface area (Å²) in [6.45, 7) is 8.83. The average Bonchev–Trinajstić information content (AvgIpc) is 2.45. The van der Waals surface area contributed by atoms with Crippen molar-refractivity contribution in [2.75, 3.05) is 0 Å². The van der Waals surface area contributed by atoms with Gasteiger partial charge in [0.25, 0.3) is 0 Å². The number of alkyl halides is 3. The van der Waals surface area contributed by atoms with Crippen LogP contribution in [0, 0.1) is 5.92 Å². The van der Waals surface area contributed by atoms with E-state index in [1.54, 1.807) is 0 Å². The summed E-state index contributed by atoms with van der Waals surface area (Å²) in [5.41, 5.74) is -0.223. The Hall–Kier alpha value is -1.78. The van der Waals surface area contributed by atoms with E-state index in [4.69, 9.17) is 4.74 Å². The summed E-state index contributed by atoms with van der Waals surface area (Å²) in [5, 5.41) is 0. The lowest BCUT2D eigenvalue weighted by molar-refractivity contribution is -0.164. The van der Waals surface area contributed by atoms with E-state index < -0.39 is 23.3 Å². The van der Waals surface area contributed by atoms with Gasteiger partial charge in [-0.05, 0) is 55.4 Å². The molecule has 0 saturated carbocycles. The van der Waals surface area contributed by atoms with Crippen molar-refractivity contribution in [2.24, 2.45) is 5.92 Å². The summed E-state index contributed by atoms with van der Waals surface area (Å²) in [6.07, 6.45) is -2.46. The number of aryl methyl sites for hydroxylation is 1. The molecule has 0 radical (unpaired) electrons. The number of benzene rings is 1. The highest BCUT2D eigenvalue weighted by atomic mass is 19.4. The number of hydrogen-bond donors (Lipinski definition) is 0. The van der Waals surface area contributed by atoms with E-state index in [-0.39, 0.29) is 11.5 Å². The number of rotatable bonds is 3. The number of esters is 1. The quantitative estimate of drug-likeness (QED) is 0.576. The van der Waals surface area contributed by atoms with Gasteiger partial charge in [0.1, 0.15) is 5.60 Å². The van der Waals surface area contributed by atoms with Crippen molar-refractivity contribution in [3.05, 3.63) is 47.0 Å². The molecule has 0 N–H and O–H groups in total. The first-order valence-corrected chi connectivity index (χ1v) is 7.67. The van der Waals surface area contributed by atoms with Crippen LogP contribution >= 0.6 is 0 Å². The lowest BCUT2D eigenvalue weighted by Crippen LogP contribution is -2.41. The number of halogens is 3. The Kier molecular flexibility index (Phi) is 4.60.